The molecule has 0 fully saturated rings. The van der Waals surface area contributed by atoms with Crippen molar-refractivity contribution in [3.63, 3.8) is 0 Å². The highest BCUT2D eigenvalue weighted by atomic mass is 32.1. The number of ether oxygens (including phenoxy) is 1. The van der Waals surface area contributed by atoms with Gasteiger partial charge >= 0.3 is 0 Å². The molecule has 4 heteroatoms. The van der Waals surface area contributed by atoms with Crippen LogP contribution in [0.2, 0.25) is 0 Å². The van der Waals surface area contributed by atoms with Gasteiger partial charge in [0.2, 0.25) is 0 Å². The van der Waals surface area contributed by atoms with Gasteiger partial charge in [-0.05, 0) is 32.1 Å². The summed E-state index contributed by atoms with van der Waals surface area (Å²) in [4.78, 5) is 6.38. The van der Waals surface area contributed by atoms with Gasteiger partial charge in [0.05, 0.1) is 17.8 Å². The van der Waals surface area contributed by atoms with Crippen molar-refractivity contribution in [3.8, 4) is 0 Å². The number of fused-ring (bicyclic) bond motifs is 1. The molecule has 0 amide bonds. The SMILES string of the molecule is COCCNC(C)(c1nc2c(s1)CCC2)C(C)C. The van der Waals surface area contributed by atoms with E-state index in [2.05, 4.69) is 26.1 Å². The lowest BCUT2D eigenvalue weighted by molar-refractivity contribution is 0.173. The van der Waals surface area contributed by atoms with E-state index in [0.717, 1.165) is 19.6 Å². The fourth-order valence-corrected chi connectivity index (χ4v) is 3.77. The third-order valence-electron chi connectivity index (χ3n) is 3.99. The number of nitrogens with one attached hydrogen (secondary N) is 1. The molecule has 3 nitrogen and oxygen atoms in total. The smallest absolute Gasteiger partial charge is 0.113 e. The molecule has 0 aromatic carbocycles. The fourth-order valence-electron chi connectivity index (χ4n) is 2.35. The van der Waals surface area contributed by atoms with Crippen LogP contribution < -0.4 is 5.32 Å². The number of aromatic nitrogens is 1. The van der Waals surface area contributed by atoms with Crippen LogP contribution in [0.25, 0.3) is 0 Å². The summed E-state index contributed by atoms with van der Waals surface area (Å²) in [5, 5.41) is 4.87. The van der Waals surface area contributed by atoms with Crippen LogP contribution >= 0.6 is 11.3 Å². The molecule has 102 valence electrons. The van der Waals surface area contributed by atoms with Gasteiger partial charge in [0.25, 0.3) is 0 Å². The zero-order chi connectivity index (χ0) is 13.2. The standard InChI is InChI=1S/C14H24N2OS/c1-10(2)14(3,15-8-9-17-4)13-16-11-6-5-7-12(11)18-13/h10,15H,5-9H2,1-4H3. The molecule has 0 spiro atoms. The maximum Gasteiger partial charge on any atom is 0.113 e. The highest BCUT2D eigenvalue weighted by Crippen LogP contribution is 2.36. The molecule has 18 heavy (non-hydrogen) atoms. The van der Waals surface area contributed by atoms with E-state index in [1.807, 2.05) is 11.3 Å². The molecule has 1 aliphatic rings. The molecule has 2 rings (SSSR count). The van der Waals surface area contributed by atoms with Crippen LogP contribution in [0.4, 0.5) is 0 Å². The number of hydrogen-bond donors (Lipinski definition) is 1. The van der Waals surface area contributed by atoms with Gasteiger partial charge in [0, 0.05) is 18.5 Å². The van der Waals surface area contributed by atoms with E-state index in [1.54, 1.807) is 7.11 Å². The average Bonchev–Trinajstić information content (AvgIpc) is 2.88. The van der Waals surface area contributed by atoms with Gasteiger partial charge in [-0.2, -0.15) is 0 Å². The molecular weight excluding hydrogens is 244 g/mol. The van der Waals surface area contributed by atoms with Crippen molar-refractivity contribution in [3.05, 3.63) is 15.6 Å². The first-order valence-electron chi connectivity index (χ1n) is 6.81. The summed E-state index contributed by atoms with van der Waals surface area (Å²) in [5.41, 5.74) is 1.31. The van der Waals surface area contributed by atoms with Crippen molar-refractivity contribution >= 4 is 11.3 Å². The minimum absolute atomic E-state index is 0.0342. The molecule has 0 aliphatic heterocycles. The van der Waals surface area contributed by atoms with E-state index < -0.39 is 0 Å². The Morgan fingerprint density at radius 1 is 1.44 bits per heavy atom. The lowest BCUT2D eigenvalue weighted by Gasteiger charge is -2.33. The van der Waals surface area contributed by atoms with Gasteiger partial charge in [-0.3, -0.25) is 0 Å². The van der Waals surface area contributed by atoms with Gasteiger partial charge in [-0.1, -0.05) is 13.8 Å². The maximum atomic E-state index is 5.13. The predicted molar refractivity (Wildman–Crippen MR) is 76.2 cm³/mol. The van der Waals surface area contributed by atoms with E-state index in [9.17, 15) is 0 Å². The van der Waals surface area contributed by atoms with E-state index >= 15 is 0 Å². The lowest BCUT2D eigenvalue weighted by Crippen LogP contribution is -2.45. The van der Waals surface area contributed by atoms with Crippen LogP contribution in [-0.2, 0) is 23.1 Å². The monoisotopic (exact) mass is 268 g/mol. The first-order valence-corrected chi connectivity index (χ1v) is 7.62. The lowest BCUT2D eigenvalue weighted by atomic mass is 9.89. The number of nitrogens with zero attached hydrogens (tertiary/aromatic N) is 1. The molecule has 1 aromatic rings. The van der Waals surface area contributed by atoms with Crippen molar-refractivity contribution in [1.29, 1.82) is 0 Å². The molecular formula is C14H24N2OS. The third kappa shape index (κ3) is 2.60. The normalized spacial score (nSPS) is 18.1. The van der Waals surface area contributed by atoms with Gasteiger partial charge < -0.3 is 10.1 Å². The Morgan fingerprint density at radius 2 is 2.22 bits per heavy atom. The highest BCUT2D eigenvalue weighted by molar-refractivity contribution is 7.12. The zero-order valence-corrected chi connectivity index (χ0v) is 12.7. The number of hydrogen-bond acceptors (Lipinski definition) is 4. The average molecular weight is 268 g/mol. The highest BCUT2D eigenvalue weighted by Gasteiger charge is 2.34. The number of rotatable bonds is 6. The van der Waals surface area contributed by atoms with Crippen molar-refractivity contribution < 1.29 is 4.74 Å². The minimum Gasteiger partial charge on any atom is -0.383 e. The topological polar surface area (TPSA) is 34.1 Å². The Kier molecular flexibility index (Phi) is 4.41. The van der Waals surface area contributed by atoms with Crippen molar-refractivity contribution in [2.45, 2.75) is 45.6 Å². The Balaban J connectivity index is 2.17. The minimum atomic E-state index is -0.0342. The Labute approximate surface area is 114 Å². The van der Waals surface area contributed by atoms with Crippen LogP contribution in [0.15, 0.2) is 0 Å². The molecule has 1 aliphatic carbocycles. The summed E-state index contributed by atoms with van der Waals surface area (Å²) < 4.78 is 5.13. The maximum absolute atomic E-state index is 5.13. The van der Waals surface area contributed by atoms with Crippen molar-refractivity contribution in [1.82, 2.24) is 10.3 Å². The Bertz CT molecular complexity index is 381. The third-order valence-corrected chi connectivity index (χ3v) is 5.39. The predicted octanol–water partition coefficient (Wildman–Crippen LogP) is 2.74. The summed E-state index contributed by atoms with van der Waals surface area (Å²) in [5.74, 6) is 0.514. The zero-order valence-electron chi connectivity index (χ0n) is 11.9. The Hall–Kier alpha value is -0.450. The van der Waals surface area contributed by atoms with Crippen LogP contribution in [0.1, 0.15) is 42.8 Å². The van der Waals surface area contributed by atoms with E-state index in [1.165, 1.54) is 28.4 Å². The van der Waals surface area contributed by atoms with Gasteiger partial charge in [0.15, 0.2) is 0 Å². The number of methoxy groups -OCH3 is 1. The summed E-state index contributed by atoms with van der Waals surface area (Å²) in [6, 6.07) is 0. The van der Waals surface area contributed by atoms with E-state index in [0.29, 0.717) is 5.92 Å². The molecule has 0 saturated carbocycles. The van der Waals surface area contributed by atoms with Crippen LogP contribution in [-0.4, -0.2) is 25.2 Å². The number of thiazole rings is 1. The van der Waals surface area contributed by atoms with Crippen molar-refractivity contribution in [2.75, 3.05) is 20.3 Å². The first-order chi connectivity index (χ1) is 8.58. The molecule has 0 bridgehead atoms. The molecule has 1 N–H and O–H groups in total. The molecule has 1 heterocycles. The van der Waals surface area contributed by atoms with Gasteiger partial charge in [-0.25, -0.2) is 4.98 Å². The summed E-state index contributed by atoms with van der Waals surface area (Å²) >= 11 is 1.90. The summed E-state index contributed by atoms with van der Waals surface area (Å²) in [6.07, 6.45) is 3.67. The van der Waals surface area contributed by atoms with Crippen molar-refractivity contribution in [2.24, 2.45) is 5.92 Å². The Morgan fingerprint density at radius 3 is 2.83 bits per heavy atom. The summed E-state index contributed by atoms with van der Waals surface area (Å²) in [7, 11) is 1.74. The molecule has 1 aromatic heterocycles. The molecule has 0 saturated heterocycles. The van der Waals surface area contributed by atoms with E-state index in [-0.39, 0.29) is 5.54 Å². The van der Waals surface area contributed by atoms with Crippen LogP contribution in [0.3, 0.4) is 0 Å². The van der Waals surface area contributed by atoms with E-state index in [4.69, 9.17) is 9.72 Å². The second-order valence-corrected chi connectivity index (χ2v) is 6.60. The molecule has 1 atom stereocenters. The largest absolute Gasteiger partial charge is 0.383 e. The number of aryl methyl sites for hydroxylation is 2. The first kappa shape index (κ1) is 14.0. The van der Waals surface area contributed by atoms with Crippen LogP contribution in [0, 0.1) is 5.92 Å². The van der Waals surface area contributed by atoms with Gasteiger partial charge in [-0.15, -0.1) is 11.3 Å². The second kappa shape index (κ2) is 5.68. The summed E-state index contributed by atoms with van der Waals surface area (Å²) in [6.45, 7) is 8.39. The second-order valence-electron chi connectivity index (χ2n) is 5.52. The quantitative estimate of drug-likeness (QED) is 0.806. The molecule has 0 radical (unpaired) electrons. The molecule has 1 unspecified atom stereocenters. The van der Waals surface area contributed by atoms with Gasteiger partial charge in [0.1, 0.15) is 5.01 Å². The van der Waals surface area contributed by atoms with Crippen LogP contribution in [0.5, 0.6) is 0 Å². The fraction of sp³-hybridized carbons (Fsp3) is 0.786.